The maximum atomic E-state index is 10.3. The lowest BCUT2D eigenvalue weighted by atomic mass is 10.3. The van der Waals surface area contributed by atoms with E-state index < -0.39 is 5.97 Å². The number of aromatic nitrogens is 1. The van der Waals surface area contributed by atoms with Crippen LogP contribution in [0.15, 0.2) is 4.42 Å². The highest BCUT2D eigenvalue weighted by molar-refractivity contribution is 5.82. The average molecular weight is 155 g/mol. The van der Waals surface area contributed by atoms with E-state index in [9.17, 15) is 4.79 Å². The van der Waals surface area contributed by atoms with Crippen molar-refractivity contribution in [3.8, 4) is 0 Å². The van der Waals surface area contributed by atoms with E-state index in [2.05, 4.69) is 4.98 Å². The molecule has 1 heterocycles. The lowest BCUT2D eigenvalue weighted by molar-refractivity contribution is 0.0652. The van der Waals surface area contributed by atoms with E-state index in [1.54, 1.807) is 6.92 Å². The minimum absolute atomic E-state index is 0.223. The molecule has 1 aromatic rings. The number of oxazole rings is 1. The smallest absolute Gasteiger partial charge is 0.392 e. The minimum atomic E-state index is -1.12. The fourth-order valence-corrected chi connectivity index (χ4v) is 0.848. The molecule has 60 valence electrons. The SMILES string of the molecule is CCc1nc(C(=O)O)oc1C. The van der Waals surface area contributed by atoms with Crippen LogP contribution >= 0.6 is 0 Å². The normalized spacial score (nSPS) is 10.0. The van der Waals surface area contributed by atoms with Crippen LogP contribution in [-0.4, -0.2) is 16.1 Å². The Morgan fingerprint density at radius 1 is 1.73 bits per heavy atom. The Hall–Kier alpha value is -1.32. The van der Waals surface area contributed by atoms with Gasteiger partial charge in [0.1, 0.15) is 5.76 Å². The first-order chi connectivity index (χ1) is 5.15. The molecule has 0 aromatic carbocycles. The molecule has 11 heavy (non-hydrogen) atoms. The van der Waals surface area contributed by atoms with Gasteiger partial charge in [0.05, 0.1) is 5.69 Å². The van der Waals surface area contributed by atoms with E-state index in [4.69, 9.17) is 9.52 Å². The quantitative estimate of drug-likeness (QED) is 0.697. The zero-order valence-corrected chi connectivity index (χ0v) is 6.42. The second-order valence-electron chi connectivity index (χ2n) is 2.18. The Bertz CT molecular complexity index is 277. The van der Waals surface area contributed by atoms with Gasteiger partial charge in [-0.3, -0.25) is 0 Å². The summed E-state index contributed by atoms with van der Waals surface area (Å²) in [7, 11) is 0. The van der Waals surface area contributed by atoms with Crippen molar-refractivity contribution in [3.63, 3.8) is 0 Å². The van der Waals surface area contributed by atoms with Gasteiger partial charge in [0, 0.05) is 0 Å². The van der Waals surface area contributed by atoms with E-state index in [1.807, 2.05) is 6.92 Å². The molecule has 0 aliphatic rings. The number of aryl methyl sites for hydroxylation is 2. The van der Waals surface area contributed by atoms with Gasteiger partial charge in [0.15, 0.2) is 0 Å². The average Bonchev–Trinajstić information content (AvgIpc) is 2.31. The lowest BCUT2D eigenvalue weighted by Crippen LogP contribution is -1.95. The predicted octanol–water partition coefficient (Wildman–Crippen LogP) is 1.24. The van der Waals surface area contributed by atoms with Gasteiger partial charge in [-0.1, -0.05) is 6.92 Å². The van der Waals surface area contributed by atoms with Crippen LogP contribution in [0.4, 0.5) is 0 Å². The number of hydrogen-bond acceptors (Lipinski definition) is 3. The number of hydrogen-bond donors (Lipinski definition) is 1. The van der Waals surface area contributed by atoms with Crippen molar-refractivity contribution in [2.24, 2.45) is 0 Å². The molecule has 1 rings (SSSR count). The molecule has 4 heteroatoms. The number of carboxylic acids is 1. The van der Waals surface area contributed by atoms with Crippen LogP contribution in [0.1, 0.15) is 29.1 Å². The molecule has 0 aliphatic carbocycles. The molecule has 0 saturated carbocycles. The molecule has 0 fully saturated rings. The van der Waals surface area contributed by atoms with Gasteiger partial charge in [-0.25, -0.2) is 9.78 Å². The molecular weight excluding hydrogens is 146 g/mol. The van der Waals surface area contributed by atoms with Crippen molar-refractivity contribution in [2.45, 2.75) is 20.3 Å². The third-order valence-corrected chi connectivity index (χ3v) is 1.41. The van der Waals surface area contributed by atoms with Crippen LogP contribution in [0, 0.1) is 6.92 Å². The van der Waals surface area contributed by atoms with Crippen LogP contribution < -0.4 is 0 Å². The molecule has 0 spiro atoms. The molecular formula is C7H9NO3. The molecule has 0 saturated heterocycles. The van der Waals surface area contributed by atoms with Crippen molar-refractivity contribution >= 4 is 5.97 Å². The Morgan fingerprint density at radius 2 is 2.36 bits per heavy atom. The molecule has 1 aromatic heterocycles. The minimum Gasteiger partial charge on any atom is -0.474 e. The summed E-state index contributed by atoms with van der Waals surface area (Å²) in [5.74, 6) is -0.753. The van der Waals surface area contributed by atoms with Gasteiger partial charge < -0.3 is 9.52 Å². The fourth-order valence-electron chi connectivity index (χ4n) is 0.848. The van der Waals surface area contributed by atoms with Crippen molar-refractivity contribution in [1.29, 1.82) is 0 Å². The number of carbonyl (C=O) groups is 1. The molecule has 0 aliphatic heterocycles. The third kappa shape index (κ3) is 1.39. The summed E-state index contributed by atoms with van der Waals surface area (Å²) in [6, 6.07) is 0. The standard InChI is InChI=1S/C7H9NO3/c1-3-5-4(2)11-6(8-5)7(9)10/h3H2,1-2H3,(H,9,10). The highest BCUT2D eigenvalue weighted by Gasteiger charge is 2.13. The van der Waals surface area contributed by atoms with Gasteiger partial charge in [-0.05, 0) is 13.3 Å². The fraction of sp³-hybridized carbons (Fsp3) is 0.429. The van der Waals surface area contributed by atoms with Gasteiger partial charge in [-0.15, -0.1) is 0 Å². The second kappa shape index (κ2) is 2.74. The van der Waals surface area contributed by atoms with E-state index in [1.165, 1.54) is 0 Å². The van der Waals surface area contributed by atoms with Crippen LogP contribution in [0.25, 0.3) is 0 Å². The molecule has 0 unspecified atom stereocenters. The first-order valence-corrected chi connectivity index (χ1v) is 3.34. The highest BCUT2D eigenvalue weighted by atomic mass is 16.4. The maximum absolute atomic E-state index is 10.3. The van der Waals surface area contributed by atoms with Crippen LogP contribution in [0.3, 0.4) is 0 Å². The zero-order chi connectivity index (χ0) is 8.43. The first kappa shape index (κ1) is 7.78. The summed E-state index contributed by atoms with van der Waals surface area (Å²) in [6.45, 7) is 3.61. The monoisotopic (exact) mass is 155 g/mol. The number of aromatic carboxylic acids is 1. The molecule has 0 radical (unpaired) electrons. The summed E-state index contributed by atoms with van der Waals surface area (Å²) in [5.41, 5.74) is 0.711. The van der Waals surface area contributed by atoms with Gasteiger partial charge in [0.25, 0.3) is 0 Å². The molecule has 0 atom stereocenters. The zero-order valence-electron chi connectivity index (χ0n) is 6.42. The Kier molecular flexibility index (Phi) is 1.94. The maximum Gasteiger partial charge on any atom is 0.392 e. The largest absolute Gasteiger partial charge is 0.474 e. The predicted molar refractivity (Wildman–Crippen MR) is 37.6 cm³/mol. The Balaban J connectivity index is 3.05. The highest BCUT2D eigenvalue weighted by Crippen LogP contribution is 2.09. The van der Waals surface area contributed by atoms with Crippen molar-refractivity contribution in [3.05, 3.63) is 17.3 Å². The number of nitrogens with zero attached hydrogens (tertiary/aromatic N) is 1. The Morgan fingerprint density at radius 3 is 2.64 bits per heavy atom. The van der Waals surface area contributed by atoms with Crippen molar-refractivity contribution in [1.82, 2.24) is 4.98 Å². The summed E-state index contributed by atoms with van der Waals surface area (Å²) in [5, 5.41) is 8.46. The second-order valence-corrected chi connectivity index (χ2v) is 2.18. The summed E-state index contributed by atoms with van der Waals surface area (Å²) >= 11 is 0. The van der Waals surface area contributed by atoms with Crippen LogP contribution in [0.5, 0.6) is 0 Å². The summed E-state index contributed by atoms with van der Waals surface area (Å²) in [6.07, 6.45) is 0.697. The van der Waals surface area contributed by atoms with E-state index in [0.717, 1.165) is 0 Å². The molecule has 4 nitrogen and oxygen atoms in total. The summed E-state index contributed by atoms with van der Waals surface area (Å²) < 4.78 is 4.86. The van der Waals surface area contributed by atoms with Crippen molar-refractivity contribution < 1.29 is 14.3 Å². The van der Waals surface area contributed by atoms with Crippen LogP contribution in [0.2, 0.25) is 0 Å². The van der Waals surface area contributed by atoms with Gasteiger partial charge in [0.2, 0.25) is 0 Å². The lowest BCUT2D eigenvalue weighted by Gasteiger charge is -1.83. The topological polar surface area (TPSA) is 63.3 Å². The third-order valence-electron chi connectivity index (χ3n) is 1.41. The van der Waals surface area contributed by atoms with Crippen LogP contribution in [-0.2, 0) is 6.42 Å². The molecule has 0 bridgehead atoms. The van der Waals surface area contributed by atoms with E-state index in [-0.39, 0.29) is 5.89 Å². The van der Waals surface area contributed by atoms with E-state index in [0.29, 0.717) is 17.9 Å². The van der Waals surface area contributed by atoms with Crippen molar-refractivity contribution in [2.75, 3.05) is 0 Å². The van der Waals surface area contributed by atoms with Gasteiger partial charge >= 0.3 is 11.9 Å². The number of carboxylic acid groups (broad SMARTS) is 1. The van der Waals surface area contributed by atoms with E-state index >= 15 is 0 Å². The Labute approximate surface area is 63.9 Å². The molecule has 1 N–H and O–H groups in total. The number of rotatable bonds is 2. The first-order valence-electron chi connectivity index (χ1n) is 3.34. The van der Waals surface area contributed by atoms with Gasteiger partial charge in [-0.2, -0.15) is 0 Å². The molecule has 0 amide bonds. The summed E-state index contributed by atoms with van der Waals surface area (Å²) in [4.78, 5) is 14.1.